The van der Waals surface area contributed by atoms with E-state index in [2.05, 4.69) is 0 Å². The molecular weight excluding hydrogens is 278 g/mol. The Morgan fingerprint density at radius 2 is 2.00 bits per heavy atom. The minimum Gasteiger partial charge on any atom is -0.480 e. The summed E-state index contributed by atoms with van der Waals surface area (Å²) in [5.74, 6) is -0.793. The number of benzene rings is 1. The van der Waals surface area contributed by atoms with Crippen LogP contribution in [0.15, 0.2) is 24.3 Å². The average Bonchev–Trinajstić information content (AvgIpc) is 2.44. The van der Waals surface area contributed by atoms with Crippen molar-refractivity contribution in [1.82, 2.24) is 4.90 Å². The van der Waals surface area contributed by atoms with Crippen LogP contribution in [0, 0.1) is 0 Å². The van der Waals surface area contributed by atoms with Gasteiger partial charge in [-0.25, -0.2) is 8.42 Å². The number of carbonyl (C=O) groups is 1. The highest BCUT2D eigenvalue weighted by molar-refractivity contribution is 7.91. The maximum Gasteiger partial charge on any atom is 0.321 e. The van der Waals surface area contributed by atoms with E-state index in [0.717, 1.165) is 11.1 Å². The van der Waals surface area contributed by atoms with Crippen LogP contribution in [0.4, 0.5) is 0 Å². The van der Waals surface area contributed by atoms with Gasteiger partial charge in [0.15, 0.2) is 9.84 Å². The Morgan fingerprint density at radius 1 is 1.35 bits per heavy atom. The van der Waals surface area contributed by atoms with Gasteiger partial charge in [0.2, 0.25) is 0 Å². The maximum atomic E-state index is 11.6. The van der Waals surface area contributed by atoms with E-state index in [1.807, 2.05) is 24.3 Å². The van der Waals surface area contributed by atoms with Crippen molar-refractivity contribution in [2.45, 2.75) is 25.9 Å². The molecule has 20 heavy (non-hydrogen) atoms. The molecule has 2 rings (SSSR count). The number of fused-ring (bicyclic) bond motifs is 1. The van der Waals surface area contributed by atoms with Crippen LogP contribution < -0.4 is 0 Å². The quantitative estimate of drug-likeness (QED) is 0.875. The first kappa shape index (κ1) is 15.0. The van der Waals surface area contributed by atoms with Crippen molar-refractivity contribution in [3.63, 3.8) is 0 Å². The van der Waals surface area contributed by atoms with Crippen LogP contribution in [0.2, 0.25) is 0 Å². The highest BCUT2D eigenvalue weighted by atomic mass is 32.2. The molecule has 0 amide bonds. The van der Waals surface area contributed by atoms with E-state index in [4.69, 9.17) is 0 Å². The fourth-order valence-corrected chi connectivity index (χ4v) is 3.26. The normalized spacial score (nSPS) is 19.6. The molecule has 0 radical (unpaired) electrons. The monoisotopic (exact) mass is 297 g/mol. The Balaban J connectivity index is 2.16. The first-order chi connectivity index (χ1) is 9.43. The van der Waals surface area contributed by atoms with Crippen molar-refractivity contribution in [2.75, 3.05) is 18.1 Å². The minimum absolute atomic E-state index is 0.00937. The number of aliphatic carboxylic acids is 1. The fourth-order valence-electron chi connectivity index (χ4n) is 2.46. The zero-order valence-electron chi connectivity index (χ0n) is 11.4. The molecule has 110 valence electrons. The van der Waals surface area contributed by atoms with Crippen LogP contribution in [-0.2, 0) is 27.6 Å². The Kier molecular flexibility index (Phi) is 4.45. The summed E-state index contributed by atoms with van der Waals surface area (Å²) >= 11 is 0. The summed E-state index contributed by atoms with van der Waals surface area (Å²) in [7, 11) is -3.08. The molecule has 1 heterocycles. The van der Waals surface area contributed by atoms with E-state index in [1.54, 1.807) is 11.8 Å². The molecule has 0 aromatic heterocycles. The predicted octanol–water partition coefficient (Wildman–Crippen LogP) is 0.933. The van der Waals surface area contributed by atoms with Gasteiger partial charge in [-0.15, -0.1) is 0 Å². The first-order valence-electron chi connectivity index (χ1n) is 6.67. The van der Waals surface area contributed by atoms with Gasteiger partial charge >= 0.3 is 5.97 Å². The van der Waals surface area contributed by atoms with Gasteiger partial charge in [0.1, 0.15) is 6.04 Å². The maximum absolute atomic E-state index is 11.6. The number of hydrogen-bond donors (Lipinski definition) is 1. The smallest absolute Gasteiger partial charge is 0.321 e. The second-order valence-electron chi connectivity index (χ2n) is 5.03. The molecule has 0 bridgehead atoms. The van der Waals surface area contributed by atoms with Gasteiger partial charge in [-0.2, -0.15) is 0 Å². The molecule has 6 heteroatoms. The van der Waals surface area contributed by atoms with Crippen molar-refractivity contribution >= 4 is 15.8 Å². The van der Waals surface area contributed by atoms with E-state index >= 15 is 0 Å². The van der Waals surface area contributed by atoms with Gasteiger partial charge in [0, 0.05) is 18.8 Å². The number of rotatable bonds is 5. The van der Waals surface area contributed by atoms with Crippen LogP contribution in [0.1, 0.15) is 18.1 Å². The largest absolute Gasteiger partial charge is 0.480 e. The average molecular weight is 297 g/mol. The molecule has 1 aromatic rings. The molecule has 0 fully saturated rings. The molecule has 0 spiro atoms. The Morgan fingerprint density at radius 3 is 2.60 bits per heavy atom. The second kappa shape index (κ2) is 5.93. The molecule has 1 aliphatic rings. The van der Waals surface area contributed by atoms with Crippen molar-refractivity contribution in [3.05, 3.63) is 35.4 Å². The summed E-state index contributed by atoms with van der Waals surface area (Å²) in [4.78, 5) is 13.1. The molecule has 1 aromatic carbocycles. The van der Waals surface area contributed by atoms with Crippen LogP contribution in [-0.4, -0.2) is 48.5 Å². The zero-order chi connectivity index (χ0) is 14.8. The van der Waals surface area contributed by atoms with Crippen molar-refractivity contribution in [3.8, 4) is 0 Å². The van der Waals surface area contributed by atoms with Crippen LogP contribution in [0.3, 0.4) is 0 Å². The van der Waals surface area contributed by atoms with Crippen LogP contribution in [0.25, 0.3) is 0 Å². The Labute approximate surface area is 119 Å². The zero-order valence-corrected chi connectivity index (χ0v) is 12.3. The summed E-state index contributed by atoms with van der Waals surface area (Å²) in [6.07, 6.45) is 0.428. The standard InChI is InChI=1S/C14H19NO4S/c1-2-20(18,19)8-7-15-10-12-6-4-3-5-11(12)9-13(15)14(16)17/h3-6,13H,2,7-10H2,1H3,(H,16,17). The SMILES string of the molecule is CCS(=O)(=O)CCN1Cc2ccccc2CC1C(=O)O. The third-order valence-electron chi connectivity index (χ3n) is 3.76. The molecule has 1 aliphatic heterocycles. The van der Waals surface area contributed by atoms with Crippen LogP contribution in [0.5, 0.6) is 0 Å². The lowest BCUT2D eigenvalue weighted by atomic mass is 9.94. The predicted molar refractivity (Wildman–Crippen MR) is 76.3 cm³/mol. The molecule has 0 saturated heterocycles. The molecule has 1 unspecified atom stereocenters. The summed E-state index contributed by atoms with van der Waals surface area (Å²) in [6, 6.07) is 7.08. The Bertz CT molecular complexity index is 597. The van der Waals surface area contributed by atoms with Crippen molar-refractivity contribution < 1.29 is 18.3 Å². The van der Waals surface area contributed by atoms with E-state index in [0.29, 0.717) is 13.0 Å². The third kappa shape index (κ3) is 3.37. The lowest BCUT2D eigenvalue weighted by Gasteiger charge is -2.34. The van der Waals surface area contributed by atoms with Gasteiger partial charge in [-0.1, -0.05) is 31.2 Å². The lowest BCUT2D eigenvalue weighted by molar-refractivity contribution is -0.143. The molecule has 0 aliphatic carbocycles. The fraction of sp³-hybridized carbons (Fsp3) is 0.500. The van der Waals surface area contributed by atoms with E-state index in [-0.39, 0.29) is 18.1 Å². The molecule has 1 N–H and O–H groups in total. The highest BCUT2D eigenvalue weighted by Crippen LogP contribution is 2.23. The number of carboxylic acid groups (broad SMARTS) is 1. The van der Waals surface area contributed by atoms with Crippen LogP contribution >= 0.6 is 0 Å². The summed E-state index contributed by atoms with van der Waals surface area (Å²) < 4.78 is 23.2. The van der Waals surface area contributed by atoms with Gasteiger partial charge < -0.3 is 5.11 Å². The number of sulfone groups is 1. The lowest BCUT2D eigenvalue weighted by Crippen LogP contribution is -2.47. The topological polar surface area (TPSA) is 74.7 Å². The van der Waals surface area contributed by atoms with Gasteiger partial charge in [0.05, 0.1) is 5.75 Å². The minimum atomic E-state index is -3.08. The van der Waals surface area contributed by atoms with Crippen molar-refractivity contribution in [1.29, 1.82) is 0 Å². The van der Waals surface area contributed by atoms with E-state index in [9.17, 15) is 18.3 Å². The van der Waals surface area contributed by atoms with Crippen molar-refractivity contribution in [2.24, 2.45) is 0 Å². The van der Waals surface area contributed by atoms with Gasteiger partial charge in [-0.3, -0.25) is 9.69 Å². The summed E-state index contributed by atoms with van der Waals surface area (Å²) in [6.45, 7) is 2.36. The van der Waals surface area contributed by atoms with Gasteiger partial charge in [0.25, 0.3) is 0 Å². The molecular formula is C14H19NO4S. The number of carboxylic acids is 1. The van der Waals surface area contributed by atoms with Gasteiger partial charge in [-0.05, 0) is 17.5 Å². The Hall–Kier alpha value is -1.40. The number of nitrogens with zero attached hydrogens (tertiary/aromatic N) is 1. The number of hydrogen-bond acceptors (Lipinski definition) is 4. The first-order valence-corrected chi connectivity index (χ1v) is 8.49. The molecule has 0 saturated carbocycles. The van der Waals surface area contributed by atoms with E-state index < -0.39 is 21.8 Å². The summed E-state index contributed by atoms with van der Waals surface area (Å²) in [5, 5.41) is 9.33. The molecule has 5 nitrogen and oxygen atoms in total. The van der Waals surface area contributed by atoms with E-state index in [1.165, 1.54) is 0 Å². The third-order valence-corrected chi connectivity index (χ3v) is 5.44. The second-order valence-corrected chi connectivity index (χ2v) is 7.51. The summed E-state index contributed by atoms with van der Waals surface area (Å²) in [5.41, 5.74) is 2.12. The highest BCUT2D eigenvalue weighted by Gasteiger charge is 2.31. The molecule has 1 atom stereocenters.